The van der Waals surface area contributed by atoms with Gasteiger partial charge in [0.1, 0.15) is 5.82 Å². The third kappa shape index (κ3) is 2.58. The number of nitrogens with zero attached hydrogens (tertiary/aromatic N) is 1. The number of nitrogens with two attached hydrogens (primary N) is 1. The molecule has 0 aliphatic heterocycles. The second kappa shape index (κ2) is 5.14. The highest BCUT2D eigenvalue weighted by atomic mass is 35.5. The Hall–Kier alpha value is -1.29. The molecule has 0 spiro atoms. The van der Waals surface area contributed by atoms with Crippen LogP contribution in [0.25, 0.3) is 0 Å². The number of nitrogens with one attached hydrogen (secondary N) is 1. The van der Waals surface area contributed by atoms with E-state index < -0.39 is 0 Å². The molecule has 0 aromatic carbocycles. The Morgan fingerprint density at radius 2 is 2.33 bits per heavy atom. The number of anilines is 1. The maximum absolute atomic E-state index is 12.0. The van der Waals surface area contributed by atoms with Crippen molar-refractivity contribution in [1.29, 1.82) is 0 Å². The highest BCUT2D eigenvalue weighted by Crippen LogP contribution is 2.43. The van der Waals surface area contributed by atoms with Crippen LogP contribution in [0.4, 0.5) is 5.82 Å². The molecule has 1 aromatic rings. The van der Waals surface area contributed by atoms with E-state index in [-0.39, 0.29) is 5.91 Å². The zero-order chi connectivity index (χ0) is 13.2. The molecule has 2 rings (SSSR count). The summed E-state index contributed by atoms with van der Waals surface area (Å²) in [7, 11) is 0. The van der Waals surface area contributed by atoms with Crippen molar-refractivity contribution < 1.29 is 4.79 Å². The van der Waals surface area contributed by atoms with E-state index >= 15 is 0 Å². The number of carbonyl (C=O) groups excluding carboxylic acids is 1. The first-order valence-electron chi connectivity index (χ1n) is 6.25. The molecule has 1 aliphatic carbocycles. The Labute approximate surface area is 112 Å². The number of carbonyl (C=O) groups is 1. The fraction of sp³-hybridized carbons (Fsp3) is 0.538. The lowest BCUT2D eigenvalue weighted by molar-refractivity contribution is 0.0850. The predicted octanol–water partition coefficient (Wildman–Crippen LogP) is 2.63. The summed E-state index contributed by atoms with van der Waals surface area (Å²) in [5.74, 6) is 0.132. The van der Waals surface area contributed by atoms with E-state index in [4.69, 9.17) is 17.3 Å². The molecule has 1 fully saturated rings. The van der Waals surface area contributed by atoms with Gasteiger partial charge in [0, 0.05) is 12.7 Å². The Balaban J connectivity index is 2.01. The van der Waals surface area contributed by atoms with E-state index in [1.165, 1.54) is 31.5 Å². The van der Waals surface area contributed by atoms with Gasteiger partial charge in [0.2, 0.25) is 0 Å². The van der Waals surface area contributed by atoms with Crippen molar-refractivity contribution in [3.63, 3.8) is 0 Å². The molecule has 1 saturated carbocycles. The zero-order valence-corrected chi connectivity index (χ0v) is 11.3. The van der Waals surface area contributed by atoms with E-state index in [1.807, 2.05) is 0 Å². The van der Waals surface area contributed by atoms with Gasteiger partial charge in [-0.1, -0.05) is 24.9 Å². The van der Waals surface area contributed by atoms with Gasteiger partial charge in [-0.3, -0.25) is 4.79 Å². The van der Waals surface area contributed by atoms with Crippen LogP contribution in [-0.4, -0.2) is 17.4 Å². The van der Waals surface area contributed by atoms with Crippen LogP contribution in [0.1, 0.15) is 43.0 Å². The third-order valence-electron chi connectivity index (χ3n) is 3.91. The maximum atomic E-state index is 12.0. The van der Waals surface area contributed by atoms with Gasteiger partial charge in [-0.2, -0.15) is 0 Å². The fourth-order valence-corrected chi connectivity index (χ4v) is 2.51. The quantitative estimate of drug-likeness (QED) is 0.881. The first kappa shape index (κ1) is 13.1. The summed E-state index contributed by atoms with van der Waals surface area (Å²) < 4.78 is 0. The number of aromatic nitrogens is 1. The van der Waals surface area contributed by atoms with Crippen LogP contribution >= 0.6 is 11.6 Å². The lowest BCUT2D eigenvalue weighted by Crippen LogP contribution is -2.41. The minimum absolute atomic E-state index is 0.172. The number of hydrogen-bond donors (Lipinski definition) is 2. The second-order valence-corrected chi connectivity index (χ2v) is 5.39. The molecule has 0 saturated heterocycles. The van der Waals surface area contributed by atoms with Gasteiger partial charge in [0.15, 0.2) is 0 Å². The van der Waals surface area contributed by atoms with E-state index in [0.717, 1.165) is 6.42 Å². The fourth-order valence-electron chi connectivity index (χ4n) is 2.32. The Morgan fingerprint density at radius 1 is 1.61 bits per heavy atom. The number of nitrogen functional groups attached to an aromatic ring is 1. The van der Waals surface area contributed by atoms with E-state index in [1.54, 1.807) is 0 Å². The summed E-state index contributed by atoms with van der Waals surface area (Å²) in [6, 6.07) is 1.51. The summed E-state index contributed by atoms with van der Waals surface area (Å²) in [5, 5.41) is 3.29. The molecule has 1 heterocycles. The average Bonchev–Trinajstić information content (AvgIpc) is 2.31. The highest BCUT2D eigenvalue weighted by molar-refractivity contribution is 6.33. The van der Waals surface area contributed by atoms with Crippen LogP contribution in [0.3, 0.4) is 0 Å². The number of halogens is 1. The van der Waals surface area contributed by atoms with Gasteiger partial charge in [-0.25, -0.2) is 4.98 Å². The largest absolute Gasteiger partial charge is 0.384 e. The second-order valence-electron chi connectivity index (χ2n) is 4.98. The molecule has 4 nitrogen and oxygen atoms in total. The molecule has 98 valence electrons. The van der Waals surface area contributed by atoms with Crippen LogP contribution in [0.2, 0.25) is 5.02 Å². The average molecular weight is 268 g/mol. The number of hydrogen-bond acceptors (Lipinski definition) is 3. The van der Waals surface area contributed by atoms with Crippen molar-refractivity contribution in [3.8, 4) is 0 Å². The molecule has 1 aliphatic rings. The molecule has 0 unspecified atom stereocenters. The summed E-state index contributed by atoms with van der Waals surface area (Å²) in [4.78, 5) is 15.9. The molecule has 0 atom stereocenters. The van der Waals surface area contributed by atoms with Crippen LogP contribution < -0.4 is 11.1 Å². The molecule has 1 aromatic heterocycles. The molecule has 1 amide bonds. The minimum Gasteiger partial charge on any atom is -0.384 e. The third-order valence-corrected chi connectivity index (χ3v) is 4.21. The highest BCUT2D eigenvalue weighted by Gasteiger charge is 2.35. The normalized spacial score (nSPS) is 17.0. The molecule has 3 N–H and O–H groups in total. The SMILES string of the molecule is CCC1(CNC(=O)c2cc(N)ncc2Cl)CCC1. The smallest absolute Gasteiger partial charge is 0.253 e. The lowest BCUT2D eigenvalue weighted by atomic mass is 9.67. The summed E-state index contributed by atoms with van der Waals surface area (Å²) in [5.41, 5.74) is 6.25. The van der Waals surface area contributed by atoms with Crippen LogP contribution in [0, 0.1) is 5.41 Å². The van der Waals surface area contributed by atoms with E-state index in [9.17, 15) is 4.79 Å². The van der Waals surface area contributed by atoms with Crippen LogP contribution in [-0.2, 0) is 0 Å². The van der Waals surface area contributed by atoms with Crippen molar-refractivity contribution in [2.45, 2.75) is 32.6 Å². The lowest BCUT2D eigenvalue weighted by Gasteiger charge is -2.41. The van der Waals surface area contributed by atoms with Crippen molar-refractivity contribution >= 4 is 23.3 Å². The van der Waals surface area contributed by atoms with E-state index in [2.05, 4.69) is 17.2 Å². The Morgan fingerprint density at radius 3 is 2.89 bits per heavy atom. The van der Waals surface area contributed by atoms with Crippen molar-refractivity contribution in [3.05, 3.63) is 22.8 Å². The van der Waals surface area contributed by atoms with Gasteiger partial charge < -0.3 is 11.1 Å². The first-order valence-corrected chi connectivity index (χ1v) is 6.63. The molecular formula is C13H18ClN3O. The summed E-state index contributed by atoms with van der Waals surface area (Å²) >= 11 is 5.94. The topological polar surface area (TPSA) is 68.0 Å². The van der Waals surface area contributed by atoms with Gasteiger partial charge >= 0.3 is 0 Å². The monoisotopic (exact) mass is 267 g/mol. The molecular weight excluding hydrogens is 250 g/mol. The number of amides is 1. The number of pyridine rings is 1. The zero-order valence-electron chi connectivity index (χ0n) is 10.5. The first-order chi connectivity index (χ1) is 8.56. The number of rotatable bonds is 4. The summed E-state index contributed by atoms with van der Waals surface area (Å²) in [6.07, 6.45) is 6.14. The molecule has 0 bridgehead atoms. The maximum Gasteiger partial charge on any atom is 0.253 e. The molecule has 0 radical (unpaired) electrons. The van der Waals surface area contributed by atoms with Gasteiger partial charge in [-0.05, 0) is 30.7 Å². The summed E-state index contributed by atoms with van der Waals surface area (Å²) in [6.45, 7) is 2.88. The Kier molecular flexibility index (Phi) is 3.76. The van der Waals surface area contributed by atoms with Gasteiger partial charge in [-0.15, -0.1) is 0 Å². The Bertz CT molecular complexity index is 452. The van der Waals surface area contributed by atoms with Crippen molar-refractivity contribution in [2.75, 3.05) is 12.3 Å². The van der Waals surface area contributed by atoms with Crippen LogP contribution in [0.5, 0.6) is 0 Å². The minimum atomic E-state index is -0.172. The standard InChI is InChI=1S/C13H18ClN3O/c1-2-13(4-3-5-13)8-17-12(18)9-6-11(15)16-7-10(9)14/h6-7H,2-5,8H2,1H3,(H2,15,16)(H,17,18). The van der Waals surface area contributed by atoms with Crippen molar-refractivity contribution in [1.82, 2.24) is 10.3 Å². The van der Waals surface area contributed by atoms with Gasteiger partial charge in [0.25, 0.3) is 5.91 Å². The van der Waals surface area contributed by atoms with Crippen molar-refractivity contribution in [2.24, 2.45) is 5.41 Å². The van der Waals surface area contributed by atoms with Gasteiger partial charge in [0.05, 0.1) is 10.6 Å². The van der Waals surface area contributed by atoms with Crippen LogP contribution in [0.15, 0.2) is 12.3 Å². The molecule has 18 heavy (non-hydrogen) atoms. The predicted molar refractivity (Wildman–Crippen MR) is 72.6 cm³/mol. The van der Waals surface area contributed by atoms with E-state index in [0.29, 0.717) is 28.4 Å². The molecule has 5 heteroatoms.